The Kier molecular flexibility index (Phi) is 2.98. The van der Waals surface area contributed by atoms with E-state index in [1.165, 1.54) is 17.0 Å². The molecule has 96 valence electrons. The van der Waals surface area contributed by atoms with E-state index in [0.29, 0.717) is 5.69 Å². The van der Waals surface area contributed by atoms with Crippen molar-refractivity contribution in [3.05, 3.63) is 29.8 Å². The molecule has 4 nitrogen and oxygen atoms in total. The minimum atomic E-state index is -4.40. The summed E-state index contributed by atoms with van der Waals surface area (Å²) in [5.41, 5.74) is -0.451. The average molecular weight is 258 g/mol. The Morgan fingerprint density at radius 2 is 1.72 bits per heavy atom. The summed E-state index contributed by atoms with van der Waals surface area (Å²) >= 11 is 0. The lowest BCUT2D eigenvalue weighted by Crippen LogP contribution is -2.49. The molecule has 0 unspecified atom stereocenters. The number of hydrogen-bond donors (Lipinski definition) is 1. The highest BCUT2D eigenvalue weighted by Gasteiger charge is 2.31. The van der Waals surface area contributed by atoms with E-state index in [0.717, 1.165) is 12.1 Å². The molecule has 0 saturated carbocycles. The fourth-order valence-electron chi connectivity index (χ4n) is 1.64. The van der Waals surface area contributed by atoms with Crippen molar-refractivity contribution >= 4 is 17.6 Å². The summed E-state index contributed by atoms with van der Waals surface area (Å²) in [5, 5.41) is 2.10. The SMILES string of the molecule is O=C1CCN(c2ccc(C(F)(F)F)cc2)C(=O)N1. The Hall–Kier alpha value is -2.05. The van der Waals surface area contributed by atoms with Crippen molar-refractivity contribution in [3.8, 4) is 0 Å². The van der Waals surface area contributed by atoms with Crippen LogP contribution in [0.5, 0.6) is 0 Å². The van der Waals surface area contributed by atoms with Gasteiger partial charge in [0.25, 0.3) is 0 Å². The van der Waals surface area contributed by atoms with Crippen LogP contribution in [0.4, 0.5) is 23.7 Å². The Morgan fingerprint density at radius 1 is 1.11 bits per heavy atom. The quantitative estimate of drug-likeness (QED) is 0.839. The standard InChI is InChI=1S/C11H9F3N2O2/c12-11(13,14)7-1-3-8(4-2-7)16-6-5-9(17)15-10(16)18/h1-4H,5-6H2,(H,15,17,18). The van der Waals surface area contributed by atoms with Crippen molar-refractivity contribution in [1.29, 1.82) is 0 Å². The largest absolute Gasteiger partial charge is 0.416 e. The molecule has 1 aliphatic heterocycles. The van der Waals surface area contributed by atoms with Gasteiger partial charge in [0.15, 0.2) is 0 Å². The number of amides is 3. The Labute approximate surface area is 100 Å². The number of hydrogen-bond acceptors (Lipinski definition) is 2. The van der Waals surface area contributed by atoms with Crippen LogP contribution in [0.15, 0.2) is 24.3 Å². The van der Waals surface area contributed by atoms with Gasteiger partial charge >= 0.3 is 12.2 Å². The Morgan fingerprint density at radius 3 is 2.22 bits per heavy atom. The van der Waals surface area contributed by atoms with E-state index < -0.39 is 17.8 Å². The zero-order valence-corrected chi connectivity index (χ0v) is 9.12. The molecule has 1 aliphatic rings. The van der Waals surface area contributed by atoms with Crippen LogP contribution in [-0.4, -0.2) is 18.5 Å². The van der Waals surface area contributed by atoms with Gasteiger partial charge in [0.1, 0.15) is 0 Å². The fourth-order valence-corrected chi connectivity index (χ4v) is 1.64. The molecule has 3 amide bonds. The highest BCUT2D eigenvalue weighted by molar-refractivity contribution is 6.05. The van der Waals surface area contributed by atoms with E-state index >= 15 is 0 Å². The number of rotatable bonds is 1. The smallest absolute Gasteiger partial charge is 0.294 e. The molecule has 1 heterocycles. The number of nitrogens with zero attached hydrogens (tertiary/aromatic N) is 1. The van der Waals surface area contributed by atoms with Gasteiger partial charge in [0, 0.05) is 18.7 Å². The van der Waals surface area contributed by atoms with Crippen LogP contribution < -0.4 is 10.2 Å². The highest BCUT2D eigenvalue weighted by Crippen LogP contribution is 2.30. The van der Waals surface area contributed by atoms with Crippen molar-refractivity contribution in [3.63, 3.8) is 0 Å². The molecule has 0 atom stereocenters. The van der Waals surface area contributed by atoms with Crippen molar-refractivity contribution in [2.24, 2.45) is 0 Å². The third-order valence-corrected chi connectivity index (χ3v) is 2.56. The number of carbonyl (C=O) groups is 2. The number of imide groups is 1. The molecule has 7 heteroatoms. The minimum Gasteiger partial charge on any atom is -0.294 e. The Bertz CT molecular complexity index is 482. The van der Waals surface area contributed by atoms with Crippen molar-refractivity contribution in [2.45, 2.75) is 12.6 Å². The Balaban J connectivity index is 2.20. The molecule has 2 rings (SSSR count). The number of halogens is 3. The van der Waals surface area contributed by atoms with Gasteiger partial charge < -0.3 is 0 Å². The van der Waals surface area contributed by atoms with Crippen LogP contribution in [0.2, 0.25) is 0 Å². The van der Waals surface area contributed by atoms with Crippen LogP contribution in [-0.2, 0) is 11.0 Å². The molecule has 1 aromatic carbocycles. The van der Waals surface area contributed by atoms with Crippen molar-refractivity contribution in [1.82, 2.24) is 5.32 Å². The predicted octanol–water partition coefficient (Wildman–Crippen LogP) is 2.15. The van der Waals surface area contributed by atoms with E-state index in [2.05, 4.69) is 5.32 Å². The molecule has 1 aromatic rings. The van der Waals surface area contributed by atoms with Crippen LogP contribution >= 0.6 is 0 Å². The molecule has 0 spiro atoms. The average Bonchev–Trinajstić information content (AvgIpc) is 2.28. The monoisotopic (exact) mass is 258 g/mol. The van der Waals surface area contributed by atoms with E-state index in [1.807, 2.05) is 0 Å². The van der Waals surface area contributed by atoms with Crippen molar-refractivity contribution in [2.75, 3.05) is 11.4 Å². The zero-order valence-electron chi connectivity index (χ0n) is 9.12. The predicted molar refractivity (Wildman–Crippen MR) is 56.9 cm³/mol. The number of urea groups is 1. The fraction of sp³-hybridized carbons (Fsp3) is 0.273. The number of nitrogens with one attached hydrogen (secondary N) is 1. The maximum absolute atomic E-state index is 12.4. The molecule has 18 heavy (non-hydrogen) atoms. The number of anilines is 1. The second-order valence-electron chi connectivity index (χ2n) is 3.80. The lowest BCUT2D eigenvalue weighted by Gasteiger charge is -2.26. The third kappa shape index (κ3) is 2.44. The first kappa shape index (κ1) is 12.4. The lowest BCUT2D eigenvalue weighted by atomic mass is 10.1. The molecule has 0 radical (unpaired) electrons. The normalized spacial score (nSPS) is 16.7. The highest BCUT2D eigenvalue weighted by atomic mass is 19.4. The number of benzene rings is 1. The molecule has 1 fully saturated rings. The molecule has 0 aromatic heterocycles. The molecule has 1 saturated heterocycles. The zero-order chi connectivity index (χ0) is 13.3. The first-order valence-electron chi connectivity index (χ1n) is 5.16. The van der Waals surface area contributed by atoms with Gasteiger partial charge in [-0.25, -0.2) is 4.79 Å². The van der Waals surface area contributed by atoms with Gasteiger partial charge in [-0.3, -0.25) is 15.0 Å². The molecule has 0 aliphatic carbocycles. The van der Waals surface area contributed by atoms with Gasteiger partial charge in [-0.05, 0) is 24.3 Å². The summed E-state index contributed by atoms with van der Waals surface area (Å²) in [6.45, 7) is 0.163. The van der Waals surface area contributed by atoms with Gasteiger partial charge in [-0.2, -0.15) is 13.2 Å². The maximum atomic E-state index is 12.4. The van der Waals surface area contributed by atoms with Crippen LogP contribution in [0, 0.1) is 0 Å². The molecule has 0 bridgehead atoms. The molecular formula is C11H9F3N2O2. The van der Waals surface area contributed by atoms with Crippen LogP contribution in [0.25, 0.3) is 0 Å². The van der Waals surface area contributed by atoms with Crippen LogP contribution in [0.3, 0.4) is 0 Å². The summed E-state index contributed by atoms with van der Waals surface area (Å²) in [6.07, 6.45) is -4.27. The second-order valence-corrected chi connectivity index (χ2v) is 3.80. The van der Waals surface area contributed by atoms with E-state index in [-0.39, 0.29) is 18.9 Å². The van der Waals surface area contributed by atoms with E-state index in [4.69, 9.17) is 0 Å². The van der Waals surface area contributed by atoms with Gasteiger partial charge in [0.2, 0.25) is 5.91 Å². The summed E-state index contributed by atoms with van der Waals surface area (Å²) in [6, 6.07) is 3.60. The number of alkyl halides is 3. The van der Waals surface area contributed by atoms with Gasteiger partial charge in [-0.15, -0.1) is 0 Å². The molecule has 1 N–H and O–H groups in total. The van der Waals surface area contributed by atoms with E-state index in [9.17, 15) is 22.8 Å². The second kappa shape index (κ2) is 4.32. The van der Waals surface area contributed by atoms with Gasteiger partial charge in [-0.1, -0.05) is 0 Å². The van der Waals surface area contributed by atoms with Gasteiger partial charge in [0.05, 0.1) is 5.56 Å². The lowest BCUT2D eigenvalue weighted by molar-refractivity contribution is -0.137. The first-order chi connectivity index (χ1) is 8.38. The summed E-state index contributed by atoms with van der Waals surface area (Å²) in [7, 11) is 0. The molecular weight excluding hydrogens is 249 g/mol. The summed E-state index contributed by atoms with van der Waals surface area (Å²) < 4.78 is 37.1. The summed E-state index contributed by atoms with van der Waals surface area (Å²) in [4.78, 5) is 23.6. The van der Waals surface area contributed by atoms with Crippen molar-refractivity contribution < 1.29 is 22.8 Å². The maximum Gasteiger partial charge on any atom is 0.416 e. The summed E-state index contributed by atoms with van der Waals surface area (Å²) in [5.74, 6) is -0.386. The third-order valence-electron chi connectivity index (χ3n) is 2.56. The van der Waals surface area contributed by atoms with E-state index in [1.54, 1.807) is 0 Å². The number of carbonyl (C=O) groups excluding carboxylic acids is 2. The topological polar surface area (TPSA) is 49.4 Å². The van der Waals surface area contributed by atoms with Crippen LogP contribution in [0.1, 0.15) is 12.0 Å². The minimum absolute atomic E-state index is 0.132. The first-order valence-corrected chi connectivity index (χ1v) is 5.16.